The zero-order chi connectivity index (χ0) is 9.68. The van der Waals surface area contributed by atoms with Crippen LogP contribution in [0, 0.1) is 6.92 Å². The van der Waals surface area contributed by atoms with Gasteiger partial charge in [-0.1, -0.05) is 11.8 Å². The first kappa shape index (κ1) is 10.6. The van der Waals surface area contributed by atoms with Crippen LogP contribution in [0.3, 0.4) is 0 Å². The molecular weight excluding hydrogens is 188 g/mol. The molecule has 1 unspecified atom stereocenters. The van der Waals surface area contributed by atoms with Crippen molar-refractivity contribution in [2.24, 2.45) is 0 Å². The molecule has 1 rings (SSSR count). The average molecular weight is 202 g/mol. The number of hydrogen-bond donors (Lipinski definition) is 2. The number of aliphatic hydroxyl groups is 1. The van der Waals surface area contributed by atoms with Crippen molar-refractivity contribution in [3.8, 4) is 0 Å². The lowest BCUT2D eigenvalue weighted by Crippen LogP contribution is -2.25. The highest BCUT2D eigenvalue weighted by Crippen LogP contribution is 2.17. The number of thioether (sulfide) groups is 1. The molecule has 1 aromatic heterocycles. The number of aryl methyl sites for hydroxylation is 1. The molecule has 0 fully saturated rings. The van der Waals surface area contributed by atoms with E-state index in [9.17, 15) is 5.11 Å². The van der Waals surface area contributed by atoms with Crippen LogP contribution >= 0.6 is 11.8 Å². The van der Waals surface area contributed by atoms with E-state index in [1.54, 1.807) is 6.26 Å². The molecule has 0 aromatic carbocycles. The van der Waals surface area contributed by atoms with Crippen molar-refractivity contribution < 1.29 is 9.52 Å². The Balaban J connectivity index is 2.26. The maximum Gasteiger partial charge on any atom is 0.255 e. The molecule has 0 amide bonds. The molecule has 0 aliphatic rings. The van der Waals surface area contributed by atoms with Crippen molar-refractivity contribution in [1.29, 1.82) is 0 Å². The van der Waals surface area contributed by atoms with Gasteiger partial charge in [-0.25, -0.2) is 4.98 Å². The van der Waals surface area contributed by atoms with Gasteiger partial charge in [-0.15, -0.1) is 0 Å². The highest BCUT2D eigenvalue weighted by atomic mass is 32.2. The van der Waals surface area contributed by atoms with E-state index in [0.717, 1.165) is 5.69 Å². The molecule has 0 aliphatic carbocycles. The standard InChI is InChI=1S/C8H14N2O2S/c1-6-4-12-8(10-6)13-5-7(11)3-9-2/h4,7,9,11H,3,5H2,1-2H3. The monoisotopic (exact) mass is 202 g/mol. The Hall–Kier alpha value is -0.520. The van der Waals surface area contributed by atoms with Gasteiger partial charge in [0.1, 0.15) is 6.26 Å². The predicted molar refractivity (Wildman–Crippen MR) is 51.9 cm³/mol. The minimum Gasteiger partial charge on any atom is -0.440 e. The Morgan fingerprint density at radius 3 is 3.08 bits per heavy atom. The maximum absolute atomic E-state index is 9.36. The Bertz CT molecular complexity index is 252. The van der Waals surface area contributed by atoms with E-state index in [1.165, 1.54) is 11.8 Å². The molecule has 0 saturated heterocycles. The molecule has 2 N–H and O–H groups in total. The normalized spacial score (nSPS) is 13.2. The molecule has 0 aliphatic heterocycles. The van der Waals surface area contributed by atoms with Crippen LogP contribution < -0.4 is 5.32 Å². The first-order chi connectivity index (χ1) is 6.22. The van der Waals surface area contributed by atoms with Crippen LogP contribution in [0.15, 0.2) is 15.9 Å². The summed E-state index contributed by atoms with van der Waals surface area (Å²) in [6.07, 6.45) is 1.24. The number of nitrogens with zero attached hydrogens (tertiary/aromatic N) is 1. The van der Waals surface area contributed by atoms with Gasteiger partial charge in [-0.3, -0.25) is 0 Å². The minimum atomic E-state index is -0.359. The molecule has 1 aromatic rings. The van der Waals surface area contributed by atoms with Crippen LogP contribution in [0.25, 0.3) is 0 Å². The predicted octanol–water partition coefficient (Wildman–Crippen LogP) is 0.655. The fourth-order valence-corrected chi connectivity index (χ4v) is 1.64. The lowest BCUT2D eigenvalue weighted by molar-refractivity contribution is 0.198. The van der Waals surface area contributed by atoms with Crippen LogP contribution in [-0.4, -0.2) is 35.5 Å². The van der Waals surface area contributed by atoms with Crippen molar-refractivity contribution in [1.82, 2.24) is 10.3 Å². The molecule has 1 heterocycles. The van der Waals surface area contributed by atoms with Crippen molar-refractivity contribution >= 4 is 11.8 Å². The summed E-state index contributed by atoms with van der Waals surface area (Å²) in [6, 6.07) is 0. The highest BCUT2D eigenvalue weighted by Gasteiger charge is 2.06. The van der Waals surface area contributed by atoms with Crippen molar-refractivity contribution in [2.45, 2.75) is 18.3 Å². The molecule has 0 bridgehead atoms. The third kappa shape index (κ3) is 3.80. The van der Waals surface area contributed by atoms with E-state index in [2.05, 4.69) is 10.3 Å². The number of hydrogen-bond acceptors (Lipinski definition) is 5. The minimum absolute atomic E-state index is 0.359. The van der Waals surface area contributed by atoms with Crippen LogP contribution in [0.4, 0.5) is 0 Å². The second kappa shape index (κ2) is 5.26. The lowest BCUT2D eigenvalue weighted by Gasteiger charge is -2.06. The van der Waals surface area contributed by atoms with Crippen LogP contribution in [0.5, 0.6) is 0 Å². The molecule has 0 saturated carbocycles. The first-order valence-electron chi connectivity index (χ1n) is 4.10. The van der Waals surface area contributed by atoms with E-state index in [-0.39, 0.29) is 6.10 Å². The third-order valence-electron chi connectivity index (χ3n) is 1.44. The van der Waals surface area contributed by atoms with Crippen LogP contribution in [-0.2, 0) is 0 Å². The molecule has 13 heavy (non-hydrogen) atoms. The number of aromatic nitrogens is 1. The molecule has 1 atom stereocenters. The number of likely N-dealkylation sites (N-methyl/N-ethyl adjacent to an activating group) is 1. The molecule has 74 valence electrons. The molecule has 5 heteroatoms. The fraction of sp³-hybridized carbons (Fsp3) is 0.625. The van der Waals surface area contributed by atoms with Gasteiger partial charge in [0.05, 0.1) is 11.8 Å². The summed E-state index contributed by atoms with van der Waals surface area (Å²) >= 11 is 1.42. The van der Waals surface area contributed by atoms with Gasteiger partial charge in [0.2, 0.25) is 0 Å². The Morgan fingerprint density at radius 1 is 1.77 bits per heavy atom. The molecule has 0 spiro atoms. The Morgan fingerprint density at radius 2 is 2.54 bits per heavy atom. The van der Waals surface area contributed by atoms with Crippen molar-refractivity contribution in [2.75, 3.05) is 19.3 Å². The third-order valence-corrected chi connectivity index (χ3v) is 2.42. The Labute approximate surface area is 81.7 Å². The number of aliphatic hydroxyl groups excluding tert-OH is 1. The SMILES string of the molecule is CNCC(O)CSc1nc(C)co1. The van der Waals surface area contributed by atoms with E-state index in [4.69, 9.17) is 4.42 Å². The van der Waals surface area contributed by atoms with Gasteiger partial charge in [0.15, 0.2) is 0 Å². The van der Waals surface area contributed by atoms with Gasteiger partial charge in [0.25, 0.3) is 5.22 Å². The summed E-state index contributed by atoms with van der Waals surface area (Å²) in [5.74, 6) is 0.598. The lowest BCUT2D eigenvalue weighted by atomic mass is 10.4. The molecule has 0 radical (unpaired) electrons. The molecule has 4 nitrogen and oxygen atoms in total. The zero-order valence-corrected chi connectivity index (χ0v) is 8.60. The summed E-state index contributed by atoms with van der Waals surface area (Å²) in [5, 5.41) is 12.9. The van der Waals surface area contributed by atoms with Gasteiger partial charge in [-0.2, -0.15) is 0 Å². The van der Waals surface area contributed by atoms with Crippen molar-refractivity contribution in [3.05, 3.63) is 12.0 Å². The van der Waals surface area contributed by atoms with Gasteiger partial charge in [0, 0.05) is 12.3 Å². The summed E-state index contributed by atoms with van der Waals surface area (Å²) < 4.78 is 5.11. The fourth-order valence-electron chi connectivity index (χ4n) is 0.861. The Kier molecular flexibility index (Phi) is 4.27. The number of oxazole rings is 1. The van der Waals surface area contributed by atoms with Crippen molar-refractivity contribution in [3.63, 3.8) is 0 Å². The maximum atomic E-state index is 9.36. The van der Waals surface area contributed by atoms with Crippen LogP contribution in [0.2, 0.25) is 0 Å². The summed E-state index contributed by atoms with van der Waals surface area (Å²) in [4.78, 5) is 4.11. The quantitative estimate of drug-likeness (QED) is 0.687. The number of rotatable bonds is 5. The summed E-state index contributed by atoms with van der Waals surface area (Å²) in [5.41, 5.74) is 0.866. The van der Waals surface area contributed by atoms with Crippen LogP contribution in [0.1, 0.15) is 5.69 Å². The average Bonchev–Trinajstić information content (AvgIpc) is 2.49. The molecular formula is C8H14N2O2S. The van der Waals surface area contributed by atoms with Gasteiger partial charge >= 0.3 is 0 Å². The second-order valence-corrected chi connectivity index (χ2v) is 3.75. The van der Waals surface area contributed by atoms with Gasteiger partial charge < -0.3 is 14.8 Å². The number of nitrogens with one attached hydrogen (secondary N) is 1. The van der Waals surface area contributed by atoms with E-state index < -0.39 is 0 Å². The van der Waals surface area contributed by atoms with E-state index in [1.807, 2.05) is 14.0 Å². The second-order valence-electron chi connectivity index (χ2n) is 2.78. The van der Waals surface area contributed by atoms with E-state index >= 15 is 0 Å². The topological polar surface area (TPSA) is 58.3 Å². The first-order valence-corrected chi connectivity index (χ1v) is 5.08. The summed E-state index contributed by atoms with van der Waals surface area (Å²) in [7, 11) is 1.81. The summed E-state index contributed by atoms with van der Waals surface area (Å²) in [6.45, 7) is 2.46. The highest BCUT2D eigenvalue weighted by molar-refractivity contribution is 7.99. The largest absolute Gasteiger partial charge is 0.440 e. The zero-order valence-electron chi connectivity index (χ0n) is 7.78. The van der Waals surface area contributed by atoms with Gasteiger partial charge in [-0.05, 0) is 14.0 Å². The van der Waals surface area contributed by atoms with E-state index in [0.29, 0.717) is 17.5 Å². The smallest absolute Gasteiger partial charge is 0.255 e.